The average molecular weight is 364 g/mol. The third-order valence-electron chi connectivity index (χ3n) is 3.65. The average Bonchev–Trinajstić information content (AvgIpc) is 3.01. The molecule has 0 amide bonds. The third-order valence-corrected chi connectivity index (χ3v) is 4.00. The van der Waals surface area contributed by atoms with E-state index in [0.717, 1.165) is 48.9 Å². The van der Waals surface area contributed by atoms with Gasteiger partial charge in [-0.15, -0.1) is 0 Å². The molecule has 6 nitrogen and oxygen atoms in total. The molecule has 0 saturated carbocycles. The SMILES string of the molecule is CCNC(=NCCc1ccc(OC)cc1Cl)NCCn1cc(C)cn1. The molecular formula is C18H26ClN5O. The van der Waals surface area contributed by atoms with E-state index in [9.17, 15) is 0 Å². The molecule has 2 aromatic rings. The number of ether oxygens (including phenoxy) is 1. The van der Waals surface area contributed by atoms with Crippen LogP contribution in [-0.4, -0.2) is 42.5 Å². The molecule has 1 aromatic heterocycles. The first kappa shape index (κ1) is 19.1. The van der Waals surface area contributed by atoms with Gasteiger partial charge in [-0.3, -0.25) is 9.67 Å². The summed E-state index contributed by atoms with van der Waals surface area (Å²) in [6, 6.07) is 5.73. The summed E-state index contributed by atoms with van der Waals surface area (Å²) < 4.78 is 7.09. The molecule has 0 saturated heterocycles. The molecule has 2 rings (SSSR count). The van der Waals surface area contributed by atoms with E-state index >= 15 is 0 Å². The summed E-state index contributed by atoms with van der Waals surface area (Å²) in [7, 11) is 1.63. The van der Waals surface area contributed by atoms with E-state index in [-0.39, 0.29) is 0 Å². The summed E-state index contributed by atoms with van der Waals surface area (Å²) >= 11 is 6.27. The van der Waals surface area contributed by atoms with Gasteiger partial charge in [-0.2, -0.15) is 5.10 Å². The molecule has 7 heteroatoms. The molecule has 2 N–H and O–H groups in total. The zero-order chi connectivity index (χ0) is 18.1. The van der Waals surface area contributed by atoms with E-state index in [2.05, 4.69) is 27.6 Å². The number of guanidine groups is 1. The summed E-state index contributed by atoms with van der Waals surface area (Å²) in [4.78, 5) is 4.60. The number of hydrogen-bond acceptors (Lipinski definition) is 3. The lowest BCUT2D eigenvalue weighted by Gasteiger charge is -2.11. The van der Waals surface area contributed by atoms with Gasteiger partial charge in [0, 0.05) is 30.9 Å². The van der Waals surface area contributed by atoms with E-state index in [1.807, 2.05) is 42.2 Å². The fourth-order valence-electron chi connectivity index (χ4n) is 2.37. The van der Waals surface area contributed by atoms with E-state index in [1.165, 1.54) is 0 Å². The number of methoxy groups -OCH3 is 1. The smallest absolute Gasteiger partial charge is 0.191 e. The van der Waals surface area contributed by atoms with Crippen molar-refractivity contribution in [3.05, 3.63) is 46.7 Å². The molecule has 1 aromatic carbocycles. The maximum Gasteiger partial charge on any atom is 0.191 e. The van der Waals surface area contributed by atoms with Crippen LogP contribution in [0, 0.1) is 6.92 Å². The summed E-state index contributed by atoms with van der Waals surface area (Å²) in [5.41, 5.74) is 2.23. The van der Waals surface area contributed by atoms with Crippen molar-refractivity contribution < 1.29 is 4.74 Å². The zero-order valence-corrected chi connectivity index (χ0v) is 15.8. The molecule has 0 aliphatic carbocycles. The number of halogens is 1. The van der Waals surface area contributed by atoms with Crippen LogP contribution in [0.1, 0.15) is 18.1 Å². The van der Waals surface area contributed by atoms with E-state index in [4.69, 9.17) is 16.3 Å². The van der Waals surface area contributed by atoms with Crippen molar-refractivity contribution in [3.8, 4) is 5.75 Å². The second-order valence-electron chi connectivity index (χ2n) is 5.68. The molecule has 0 aliphatic rings. The topological polar surface area (TPSA) is 63.5 Å². The number of nitrogens with zero attached hydrogens (tertiary/aromatic N) is 3. The quantitative estimate of drug-likeness (QED) is 0.559. The highest BCUT2D eigenvalue weighted by Crippen LogP contribution is 2.22. The van der Waals surface area contributed by atoms with Gasteiger partial charge in [-0.1, -0.05) is 17.7 Å². The minimum atomic E-state index is 0.655. The van der Waals surface area contributed by atoms with Gasteiger partial charge in [-0.05, 0) is 43.5 Å². The Bertz CT molecular complexity index is 699. The van der Waals surface area contributed by atoms with Crippen molar-refractivity contribution in [2.75, 3.05) is 26.7 Å². The normalized spacial score (nSPS) is 11.4. The molecule has 25 heavy (non-hydrogen) atoms. The molecule has 0 fully saturated rings. The summed E-state index contributed by atoms with van der Waals surface area (Å²) in [6.07, 6.45) is 4.66. The predicted molar refractivity (Wildman–Crippen MR) is 103 cm³/mol. The highest BCUT2D eigenvalue weighted by atomic mass is 35.5. The first-order chi connectivity index (χ1) is 12.1. The predicted octanol–water partition coefficient (Wildman–Crippen LogP) is 2.65. The molecule has 0 spiro atoms. The van der Waals surface area contributed by atoms with Gasteiger partial charge in [0.1, 0.15) is 5.75 Å². The number of rotatable bonds is 8. The molecular weight excluding hydrogens is 338 g/mol. The number of nitrogens with one attached hydrogen (secondary N) is 2. The number of benzene rings is 1. The van der Waals surface area contributed by atoms with Crippen LogP contribution in [0.2, 0.25) is 5.02 Å². The zero-order valence-electron chi connectivity index (χ0n) is 15.1. The van der Waals surface area contributed by atoms with Gasteiger partial charge >= 0.3 is 0 Å². The Morgan fingerprint density at radius 3 is 2.84 bits per heavy atom. The van der Waals surface area contributed by atoms with Crippen LogP contribution in [0.15, 0.2) is 35.6 Å². The fourth-order valence-corrected chi connectivity index (χ4v) is 2.63. The molecule has 0 unspecified atom stereocenters. The molecule has 0 atom stereocenters. The Hall–Kier alpha value is -2.21. The van der Waals surface area contributed by atoms with Gasteiger partial charge in [0.25, 0.3) is 0 Å². The lowest BCUT2D eigenvalue weighted by Crippen LogP contribution is -2.39. The minimum absolute atomic E-state index is 0.655. The van der Waals surface area contributed by atoms with Gasteiger partial charge in [0.15, 0.2) is 5.96 Å². The third kappa shape index (κ3) is 6.31. The second kappa shape index (κ2) is 9.93. The molecule has 136 valence electrons. The first-order valence-electron chi connectivity index (χ1n) is 8.46. The molecule has 0 aliphatic heterocycles. The van der Waals surface area contributed by atoms with Crippen LogP contribution in [0.4, 0.5) is 0 Å². The highest BCUT2D eigenvalue weighted by molar-refractivity contribution is 6.31. The molecule has 0 bridgehead atoms. The van der Waals surface area contributed by atoms with Crippen molar-refractivity contribution >= 4 is 17.6 Å². The van der Waals surface area contributed by atoms with E-state index in [0.29, 0.717) is 11.6 Å². The summed E-state index contributed by atoms with van der Waals surface area (Å²) in [5.74, 6) is 1.57. The lowest BCUT2D eigenvalue weighted by molar-refractivity contribution is 0.414. The van der Waals surface area contributed by atoms with E-state index in [1.54, 1.807) is 7.11 Å². The van der Waals surface area contributed by atoms with E-state index < -0.39 is 0 Å². The Morgan fingerprint density at radius 1 is 1.36 bits per heavy atom. The Labute approximate surface area is 154 Å². The highest BCUT2D eigenvalue weighted by Gasteiger charge is 2.03. The largest absolute Gasteiger partial charge is 0.497 e. The number of aromatic nitrogens is 2. The van der Waals surface area contributed by atoms with Crippen molar-refractivity contribution in [1.82, 2.24) is 20.4 Å². The fraction of sp³-hybridized carbons (Fsp3) is 0.444. The van der Waals surface area contributed by atoms with Gasteiger partial charge in [-0.25, -0.2) is 0 Å². The Balaban J connectivity index is 1.84. The maximum atomic E-state index is 6.27. The minimum Gasteiger partial charge on any atom is -0.497 e. The maximum absolute atomic E-state index is 6.27. The monoisotopic (exact) mass is 363 g/mol. The van der Waals surface area contributed by atoms with Crippen molar-refractivity contribution in [2.24, 2.45) is 4.99 Å². The first-order valence-corrected chi connectivity index (χ1v) is 8.83. The van der Waals surface area contributed by atoms with Crippen LogP contribution >= 0.6 is 11.6 Å². The van der Waals surface area contributed by atoms with Crippen LogP contribution in [0.25, 0.3) is 0 Å². The van der Waals surface area contributed by atoms with Crippen molar-refractivity contribution in [2.45, 2.75) is 26.8 Å². The van der Waals surface area contributed by atoms with Crippen molar-refractivity contribution in [3.63, 3.8) is 0 Å². The standard InChI is InChI=1S/C18H26ClN5O/c1-4-20-18(22-9-10-24-13-14(2)12-23-24)21-8-7-15-5-6-16(25-3)11-17(15)19/h5-6,11-13H,4,7-10H2,1-3H3,(H2,20,21,22). The van der Waals surface area contributed by atoms with Gasteiger partial charge in [0.2, 0.25) is 0 Å². The Morgan fingerprint density at radius 2 is 2.20 bits per heavy atom. The number of hydrogen-bond donors (Lipinski definition) is 2. The lowest BCUT2D eigenvalue weighted by atomic mass is 10.1. The Kier molecular flexibility index (Phi) is 7.60. The molecule has 0 radical (unpaired) electrons. The summed E-state index contributed by atoms with van der Waals surface area (Å²) in [6.45, 7) is 7.11. The van der Waals surface area contributed by atoms with Gasteiger partial charge < -0.3 is 15.4 Å². The summed E-state index contributed by atoms with van der Waals surface area (Å²) in [5, 5.41) is 11.6. The second-order valence-corrected chi connectivity index (χ2v) is 6.08. The molecule has 1 heterocycles. The number of aliphatic imine (C=N–C) groups is 1. The van der Waals surface area contributed by atoms with Crippen LogP contribution in [-0.2, 0) is 13.0 Å². The van der Waals surface area contributed by atoms with Crippen LogP contribution < -0.4 is 15.4 Å². The van der Waals surface area contributed by atoms with Crippen LogP contribution in [0.5, 0.6) is 5.75 Å². The van der Waals surface area contributed by atoms with Gasteiger partial charge in [0.05, 0.1) is 19.9 Å². The van der Waals surface area contributed by atoms with Crippen molar-refractivity contribution in [1.29, 1.82) is 0 Å². The number of aryl methyl sites for hydroxylation is 1. The van der Waals surface area contributed by atoms with Crippen LogP contribution in [0.3, 0.4) is 0 Å².